The maximum absolute atomic E-state index is 2.91. The molecule has 1 fully saturated rings. The highest BCUT2D eigenvalue weighted by molar-refractivity contribution is 7.00. The van der Waals surface area contributed by atoms with Gasteiger partial charge in [0.2, 0.25) is 0 Å². The number of nitrogens with zero attached hydrogens (tertiary/aromatic N) is 3. The van der Waals surface area contributed by atoms with Gasteiger partial charge in [0.15, 0.2) is 0 Å². The van der Waals surface area contributed by atoms with E-state index in [0.717, 1.165) is 6.42 Å². The van der Waals surface area contributed by atoms with Crippen LogP contribution in [0.3, 0.4) is 0 Å². The van der Waals surface area contributed by atoms with Crippen LogP contribution in [0.25, 0.3) is 27.8 Å². The third-order valence-corrected chi connectivity index (χ3v) is 16.7. The zero-order valence-electron chi connectivity index (χ0n) is 42.3. The van der Waals surface area contributed by atoms with Crippen molar-refractivity contribution in [2.24, 2.45) is 0 Å². The molecule has 7 aromatic rings. The molecule has 0 spiro atoms. The summed E-state index contributed by atoms with van der Waals surface area (Å²) in [5, 5.41) is 1.32. The third-order valence-electron chi connectivity index (χ3n) is 16.7. The number of anilines is 5. The summed E-state index contributed by atoms with van der Waals surface area (Å²) in [5.74, 6) is 0. The maximum atomic E-state index is 2.91. The predicted molar refractivity (Wildman–Crippen MR) is 286 cm³/mol. The topological polar surface area (TPSA) is 11.4 Å². The molecule has 4 heterocycles. The van der Waals surface area contributed by atoms with E-state index in [2.05, 4.69) is 233 Å². The monoisotopic (exact) mass is 868 g/mol. The number of hydrogen-bond acceptors (Lipinski definition) is 2. The van der Waals surface area contributed by atoms with E-state index >= 15 is 0 Å². The molecule has 66 heavy (non-hydrogen) atoms. The minimum absolute atomic E-state index is 0.00311. The fourth-order valence-electron chi connectivity index (χ4n) is 12.5. The van der Waals surface area contributed by atoms with E-state index in [9.17, 15) is 0 Å². The maximum Gasteiger partial charge on any atom is 0.252 e. The molecule has 4 aliphatic rings. The third kappa shape index (κ3) is 6.21. The molecule has 3 nitrogen and oxygen atoms in total. The van der Waals surface area contributed by atoms with Gasteiger partial charge in [0, 0.05) is 44.8 Å². The van der Waals surface area contributed by atoms with Crippen LogP contribution in [0, 0.1) is 0 Å². The summed E-state index contributed by atoms with van der Waals surface area (Å²) < 4.78 is 2.67. The second-order valence-corrected chi connectivity index (χ2v) is 25.1. The highest BCUT2D eigenvalue weighted by atomic mass is 15.3. The van der Waals surface area contributed by atoms with Gasteiger partial charge in [-0.3, -0.25) is 0 Å². The van der Waals surface area contributed by atoms with Gasteiger partial charge in [0.25, 0.3) is 6.71 Å². The van der Waals surface area contributed by atoms with Gasteiger partial charge in [-0.1, -0.05) is 176 Å². The molecular formula is C62H70BN3. The van der Waals surface area contributed by atoms with Crippen LogP contribution in [-0.4, -0.2) is 16.8 Å². The molecule has 11 rings (SSSR count). The van der Waals surface area contributed by atoms with E-state index in [4.69, 9.17) is 0 Å². The molecule has 4 heteroatoms. The molecule has 0 bridgehead atoms. The van der Waals surface area contributed by atoms with Gasteiger partial charge < -0.3 is 14.4 Å². The standard InChI is InChI=1S/C62H70BN3/c1-57(2,3)41-22-26-45(27-23-41)64(46-28-24-42(25-29-46)58(4,5)6)47-37-52-54-53(38-47)66-56-48(61(13)30-18-19-31-62(61,66)14)34-44(60(10,11)12)36-50(56)63(54)49-35-43(59(7,8)9)32-40-33-51(65(52)55(40)49)39-20-16-15-17-21-39/h15-17,20-29,32-38H,18-19,30-31H2,1-14H3. The molecule has 0 radical (unpaired) electrons. The zero-order chi connectivity index (χ0) is 46.7. The van der Waals surface area contributed by atoms with Gasteiger partial charge in [-0.15, -0.1) is 0 Å². The van der Waals surface area contributed by atoms with Crippen LogP contribution in [0.15, 0.2) is 121 Å². The van der Waals surface area contributed by atoms with E-state index in [-0.39, 0.29) is 39.3 Å². The number of rotatable bonds is 4. The quantitative estimate of drug-likeness (QED) is 0.163. The molecule has 2 atom stereocenters. The van der Waals surface area contributed by atoms with Crippen LogP contribution < -0.4 is 26.2 Å². The SMILES string of the molecule is CC(C)(C)c1ccc(N(c2ccc(C(C)(C)C)cc2)c2cc3c4c(c2)-n2c(-c5ccccc5)cc5cc(C(C)(C)C)cc(c52)B4c2cc(C(C)(C)C)cc4c2N3C2(C)CCCCC42C)cc1. The summed E-state index contributed by atoms with van der Waals surface area (Å²) in [6.45, 7) is 33.6. The van der Waals surface area contributed by atoms with Crippen LogP contribution in [-0.2, 0) is 27.1 Å². The zero-order valence-corrected chi connectivity index (χ0v) is 42.3. The smallest absolute Gasteiger partial charge is 0.252 e. The second-order valence-electron chi connectivity index (χ2n) is 25.1. The Morgan fingerprint density at radius 2 is 1.05 bits per heavy atom. The van der Waals surface area contributed by atoms with Crippen LogP contribution in [0.2, 0.25) is 0 Å². The summed E-state index contributed by atoms with van der Waals surface area (Å²) >= 11 is 0. The fraction of sp³-hybridized carbons (Fsp3) is 0.387. The lowest BCUT2D eigenvalue weighted by Crippen LogP contribution is -2.64. The molecule has 0 saturated heterocycles. The average Bonchev–Trinajstić information content (AvgIpc) is 3.74. The van der Waals surface area contributed by atoms with Gasteiger partial charge in [-0.2, -0.15) is 0 Å². The largest absolute Gasteiger partial charge is 0.335 e. The van der Waals surface area contributed by atoms with E-state index in [1.807, 2.05) is 0 Å². The number of hydrogen-bond donors (Lipinski definition) is 0. The minimum atomic E-state index is -0.106. The Morgan fingerprint density at radius 1 is 0.515 bits per heavy atom. The lowest BCUT2D eigenvalue weighted by Gasteiger charge is -2.52. The molecule has 3 aliphatic heterocycles. The first-order valence-corrected chi connectivity index (χ1v) is 24.9. The van der Waals surface area contributed by atoms with Crippen molar-refractivity contribution in [2.45, 2.75) is 155 Å². The van der Waals surface area contributed by atoms with Crippen molar-refractivity contribution in [1.29, 1.82) is 0 Å². The van der Waals surface area contributed by atoms with Gasteiger partial charge in [0.1, 0.15) is 0 Å². The Labute approximate surface area is 396 Å². The Morgan fingerprint density at radius 3 is 1.62 bits per heavy atom. The lowest BCUT2D eigenvalue weighted by molar-refractivity contribution is 0.195. The summed E-state index contributed by atoms with van der Waals surface area (Å²) in [5.41, 5.74) is 22.9. The van der Waals surface area contributed by atoms with E-state index in [1.165, 1.54) is 114 Å². The van der Waals surface area contributed by atoms with E-state index < -0.39 is 0 Å². The Bertz CT molecular complexity index is 3030. The number of fused-ring (bicyclic) bond motifs is 7. The van der Waals surface area contributed by atoms with Crippen LogP contribution >= 0.6 is 0 Å². The molecule has 1 saturated carbocycles. The van der Waals surface area contributed by atoms with Gasteiger partial charge in [-0.25, -0.2) is 0 Å². The van der Waals surface area contributed by atoms with Gasteiger partial charge >= 0.3 is 0 Å². The number of benzene rings is 6. The highest BCUT2D eigenvalue weighted by Gasteiger charge is 2.61. The molecule has 0 amide bonds. The van der Waals surface area contributed by atoms with E-state index in [0.29, 0.717) is 0 Å². The van der Waals surface area contributed by atoms with Crippen LogP contribution in [0.1, 0.15) is 150 Å². The van der Waals surface area contributed by atoms with Gasteiger partial charge in [0.05, 0.1) is 16.9 Å². The van der Waals surface area contributed by atoms with Crippen molar-refractivity contribution in [3.8, 4) is 16.9 Å². The van der Waals surface area contributed by atoms with Crippen molar-refractivity contribution in [1.82, 2.24) is 4.57 Å². The molecule has 2 unspecified atom stereocenters. The lowest BCUT2D eigenvalue weighted by atomic mass is 9.33. The Kier molecular flexibility index (Phi) is 9.17. The van der Waals surface area contributed by atoms with Crippen molar-refractivity contribution >= 4 is 62.4 Å². The van der Waals surface area contributed by atoms with Crippen molar-refractivity contribution < 1.29 is 0 Å². The van der Waals surface area contributed by atoms with Crippen molar-refractivity contribution in [2.75, 3.05) is 9.80 Å². The van der Waals surface area contributed by atoms with Crippen molar-refractivity contribution in [3.63, 3.8) is 0 Å². The predicted octanol–water partition coefficient (Wildman–Crippen LogP) is 14.8. The summed E-state index contributed by atoms with van der Waals surface area (Å²) in [7, 11) is 0. The molecular weight excluding hydrogens is 798 g/mol. The molecule has 0 N–H and O–H groups in total. The first-order chi connectivity index (χ1) is 31.0. The highest BCUT2D eigenvalue weighted by Crippen LogP contribution is 2.62. The van der Waals surface area contributed by atoms with E-state index in [1.54, 1.807) is 5.56 Å². The fourth-order valence-corrected chi connectivity index (χ4v) is 12.5. The van der Waals surface area contributed by atoms with Crippen LogP contribution in [0.5, 0.6) is 0 Å². The first-order valence-electron chi connectivity index (χ1n) is 24.9. The van der Waals surface area contributed by atoms with Crippen molar-refractivity contribution in [3.05, 3.63) is 149 Å². The van der Waals surface area contributed by atoms with Crippen LogP contribution in [0.4, 0.5) is 28.4 Å². The summed E-state index contributed by atoms with van der Waals surface area (Å²) in [6.07, 6.45) is 4.86. The Hall–Kier alpha value is -5.48. The molecule has 336 valence electrons. The Balaban J connectivity index is 1.30. The molecule has 1 aliphatic carbocycles. The first kappa shape index (κ1) is 43.1. The summed E-state index contributed by atoms with van der Waals surface area (Å²) in [4.78, 5) is 5.45. The van der Waals surface area contributed by atoms with Gasteiger partial charge in [-0.05, 0) is 140 Å². The normalized spacial score (nSPS) is 19.8. The average molecular weight is 868 g/mol. The second kappa shape index (κ2) is 14.0. The number of aromatic nitrogens is 1. The summed E-state index contributed by atoms with van der Waals surface area (Å²) in [6, 6.07) is 48.0. The molecule has 6 aromatic carbocycles. The molecule has 1 aromatic heterocycles. The minimum Gasteiger partial charge on any atom is -0.335 e.